The Bertz CT molecular complexity index is 642. The minimum absolute atomic E-state index is 0.597. The van der Waals surface area contributed by atoms with Crippen LogP contribution >= 0.6 is 0 Å². The second kappa shape index (κ2) is 6.98. The Hall–Kier alpha value is -1.80. The van der Waals surface area contributed by atoms with Crippen molar-refractivity contribution in [3.63, 3.8) is 0 Å². The zero-order valence-corrected chi connectivity index (χ0v) is 14.7. The van der Waals surface area contributed by atoms with Crippen LogP contribution in [0.25, 0.3) is 0 Å². The van der Waals surface area contributed by atoms with Crippen molar-refractivity contribution >= 4 is 5.69 Å². The fraction of sp³-hybridized carbons (Fsp3) is 0.455. The monoisotopic (exact) mass is 320 g/mol. The van der Waals surface area contributed by atoms with Crippen LogP contribution in [0.4, 0.5) is 5.69 Å². The van der Waals surface area contributed by atoms with Gasteiger partial charge in [0.15, 0.2) is 0 Å². The summed E-state index contributed by atoms with van der Waals surface area (Å²) in [6.07, 6.45) is 6.43. The van der Waals surface area contributed by atoms with Crippen LogP contribution in [-0.2, 0) is 12.8 Å². The fourth-order valence-corrected chi connectivity index (χ4v) is 4.44. The molecule has 0 unspecified atom stereocenters. The maximum Gasteiger partial charge on any atom is 0.0371 e. The molecule has 0 radical (unpaired) electrons. The maximum absolute atomic E-state index is 2.69. The Kier molecular flexibility index (Phi) is 4.57. The number of hydrogen-bond acceptors (Lipinski definition) is 2. The van der Waals surface area contributed by atoms with E-state index < -0.39 is 0 Å². The molecule has 126 valence electrons. The minimum Gasteiger partial charge on any atom is -0.366 e. The number of nitrogens with zero attached hydrogens (tertiary/aromatic N) is 2. The van der Waals surface area contributed by atoms with Crippen molar-refractivity contribution in [2.75, 3.05) is 25.0 Å². The van der Waals surface area contributed by atoms with E-state index in [0.29, 0.717) is 12.1 Å². The first-order chi connectivity index (χ1) is 11.8. The SMILES string of the molecule is CN1CCCC[C@H]1CN(c1ccccc1)C1Cc2ccccc2C1. The van der Waals surface area contributed by atoms with Crippen LogP contribution < -0.4 is 4.90 Å². The first-order valence-corrected chi connectivity index (χ1v) is 9.40. The van der Waals surface area contributed by atoms with E-state index >= 15 is 0 Å². The molecule has 4 rings (SSSR count). The number of anilines is 1. The van der Waals surface area contributed by atoms with Gasteiger partial charge >= 0.3 is 0 Å². The molecular formula is C22H28N2. The average Bonchev–Trinajstić information content (AvgIpc) is 3.05. The van der Waals surface area contributed by atoms with Crippen molar-refractivity contribution in [2.24, 2.45) is 0 Å². The molecule has 2 heteroatoms. The van der Waals surface area contributed by atoms with Gasteiger partial charge in [0.2, 0.25) is 0 Å². The lowest BCUT2D eigenvalue weighted by Crippen LogP contribution is -2.48. The zero-order chi connectivity index (χ0) is 16.4. The van der Waals surface area contributed by atoms with Crippen molar-refractivity contribution in [3.05, 3.63) is 65.7 Å². The largest absolute Gasteiger partial charge is 0.366 e. The van der Waals surface area contributed by atoms with Crippen molar-refractivity contribution < 1.29 is 0 Å². The van der Waals surface area contributed by atoms with Crippen molar-refractivity contribution in [1.82, 2.24) is 4.90 Å². The van der Waals surface area contributed by atoms with Crippen LogP contribution in [0, 0.1) is 0 Å². The molecule has 1 heterocycles. The second-order valence-electron chi connectivity index (χ2n) is 7.45. The number of fused-ring (bicyclic) bond motifs is 1. The lowest BCUT2D eigenvalue weighted by atomic mass is 10.0. The Morgan fingerprint density at radius 2 is 1.58 bits per heavy atom. The molecule has 0 spiro atoms. The van der Waals surface area contributed by atoms with Crippen LogP contribution in [-0.4, -0.2) is 37.1 Å². The standard InChI is InChI=1S/C22H28N2/c1-23-14-8-7-13-21(23)17-24(20-11-3-2-4-12-20)22-15-18-9-5-6-10-19(18)16-22/h2-6,9-12,21-22H,7-8,13-17H2,1H3/t21-/m0/s1. The third kappa shape index (κ3) is 3.21. The normalized spacial score (nSPS) is 21.6. The van der Waals surface area contributed by atoms with E-state index in [9.17, 15) is 0 Å². The molecule has 2 nitrogen and oxygen atoms in total. The number of para-hydroxylation sites is 1. The van der Waals surface area contributed by atoms with Gasteiger partial charge in [-0.05, 0) is 62.5 Å². The molecule has 1 saturated heterocycles. The molecule has 2 aromatic rings. The van der Waals surface area contributed by atoms with Gasteiger partial charge in [0.25, 0.3) is 0 Å². The first-order valence-electron chi connectivity index (χ1n) is 9.40. The van der Waals surface area contributed by atoms with Gasteiger partial charge in [0.1, 0.15) is 0 Å². The highest BCUT2D eigenvalue weighted by Gasteiger charge is 2.30. The minimum atomic E-state index is 0.597. The predicted octanol–water partition coefficient (Wildman–Crippen LogP) is 4.14. The number of benzene rings is 2. The number of likely N-dealkylation sites (tertiary alicyclic amines) is 1. The highest BCUT2D eigenvalue weighted by atomic mass is 15.2. The molecule has 0 aromatic heterocycles. The van der Waals surface area contributed by atoms with Crippen molar-refractivity contribution in [3.8, 4) is 0 Å². The number of hydrogen-bond donors (Lipinski definition) is 0. The number of piperidine rings is 1. The van der Waals surface area contributed by atoms with E-state index in [1.165, 1.54) is 44.3 Å². The van der Waals surface area contributed by atoms with E-state index in [4.69, 9.17) is 0 Å². The van der Waals surface area contributed by atoms with Crippen LogP contribution in [0.15, 0.2) is 54.6 Å². The van der Waals surface area contributed by atoms with Crippen LogP contribution in [0.2, 0.25) is 0 Å². The summed E-state index contributed by atoms with van der Waals surface area (Å²) >= 11 is 0. The molecule has 1 fully saturated rings. The van der Waals surface area contributed by atoms with Gasteiger partial charge < -0.3 is 9.80 Å². The van der Waals surface area contributed by atoms with E-state index in [0.717, 1.165) is 6.54 Å². The molecule has 1 atom stereocenters. The summed E-state index contributed by atoms with van der Waals surface area (Å²) in [4.78, 5) is 5.26. The Morgan fingerprint density at radius 3 is 2.25 bits per heavy atom. The fourth-order valence-electron chi connectivity index (χ4n) is 4.44. The molecular weight excluding hydrogens is 292 g/mol. The third-order valence-electron chi connectivity index (χ3n) is 5.89. The van der Waals surface area contributed by atoms with E-state index in [1.807, 2.05) is 0 Å². The van der Waals surface area contributed by atoms with Gasteiger partial charge in [-0.2, -0.15) is 0 Å². The highest BCUT2D eigenvalue weighted by molar-refractivity contribution is 5.50. The quantitative estimate of drug-likeness (QED) is 0.835. The molecule has 2 aromatic carbocycles. The lowest BCUT2D eigenvalue weighted by molar-refractivity contribution is 0.186. The maximum atomic E-state index is 2.69. The summed E-state index contributed by atoms with van der Waals surface area (Å²) in [6.45, 7) is 2.40. The molecule has 0 amide bonds. The summed E-state index contributed by atoms with van der Waals surface area (Å²) < 4.78 is 0. The topological polar surface area (TPSA) is 6.48 Å². The molecule has 1 aliphatic heterocycles. The summed E-state index contributed by atoms with van der Waals surface area (Å²) in [7, 11) is 2.30. The summed E-state index contributed by atoms with van der Waals surface area (Å²) in [6, 6.07) is 21.3. The molecule has 24 heavy (non-hydrogen) atoms. The first kappa shape index (κ1) is 15.7. The van der Waals surface area contributed by atoms with Gasteiger partial charge in [0, 0.05) is 24.3 Å². The number of rotatable bonds is 4. The molecule has 1 aliphatic carbocycles. The molecule has 0 saturated carbocycles. The van der Waals surface area contributed by atoms with E-state index in [1.54, 1.807) is 11.1 Å². The van der Waals surface area contributed by atoms with Crippen LogP contribution in [0.5, 0.6) is 0 Å². The van der Waals surface area contributed by atoms with Crippen LogP contribution in [0.1, 0.15) is 30.4 Å². The molecule has 0 bridgehead atoms. The number of likely N-dealkylation sites (N-methyl/N-ethyl adjacent to an activating group) is 1. The molecule has 0 N–H and O–H groups in total. The van der Waals surface area contributed by atoms with Gasteiger partial charge in [-0.25, -0.2) is 0 Å². The second-order valence-corrected chi connectivity index (χ2v) is 7.45. The summed E-state index contributed by atoms with van der Waals surface area (Å²) in [5, 5.41) is 0. The van der Waals surface area contributed by atoms with Gasteiger partial charge in [-0.15, -0.1) is 0 Å². The Morgan fingerprint density at radius 1 is 0.917 bits per heavy atom. The lowest BCUT2D eigenvalue weighted by Gasteiger charge is -2.40. The summed E-state index contributed by atoms with van der Waals surface area (Å²) in [5.74, 6) is 0. The summed E-state index contributed by atoms with van der Waals surface area (Å²) in [5.41, 5.74) is 4.47. The van der Waals surface area contributed by atoms with Gasteiger partial charge in [-0.1, -0.05) is 48.9 Å². The van der Waals surface area contributed by atoms with Crippen molar-refractivity contribution in [2.45, 2.75) is 44.2 Å². The zero-order valence-electron chi connectivity index (χ0n) is 14.7. The van der Waals surface area contributed by atoms with Gasteiger partial charge in [0.05, 0.1) is 0 Å². The average molecular weight is 320 g/mol. The smallest absolute Gasteiger partial charge is 0.0371 e. The van der Waals surface area contributed by atoms with E-state index in [2.05, 4.69) is 71.4 Å². The molecule has 2 aliphatic rings. The van der Waals surface area contributed by atoms with Crippen LogP contribution in [0.3, 0.4) is 0 Å². The third-order valence-corrected chi connectivity index (χ3v) is 5.89. The van der Waals surface area contributed by atoms with Crippen molar-refractivity contribution in [1.29, 1.82) is 0 Å². The Balaban J connectivity index is 1.57. The van der Waals surface area contributed by atoms with Gasteiger partial charge in [-0.3, -0.25) is 0 Å². The Labute approximate surface area is 146 Å². The van der Waals surface area contributed by atoms with E-state index in [-0.39, 0.29) is 0 Å². The highest BCUT2D eigenvalue weighted by Crippen LogP contribution is 2.30. The predicted molar refractivity (Wildman–Crippen MR) is 102 cm³/mol.